The molecule has 0 N–H and O–H groups in total. The van der Waals surface area contributed by atoms with Gasteiger partial charge in [-0.2, -0.15) is 0 Å². The Morgan fingerprint density at radius 2 is 0.733 bits per heavy atom. The second-order valence-corrected chi connectivity index (χ2v) is 21.1. The lowest BCUT2D eigenvalue weighted by Gasteiger charge is -2.50. The molecule has 1 aliphatic rings. The number of hydrogen-bond acceptors (Lipinski definition) is 6. The largest absolute Gasteiger partial charge is 0.415 e. The molecule has 0 unspecified atom stereocenters. The molecule has 0 radical (unpaired) electrons. The van der Waals surface area contributed by atoms with Crippen molar-refractivity contribution in [3.8, 4) is 0 Å². The fourth-order valence-corrected chi connectivity index (χ4v) is 20.0. The van der Waals surface area contributed by atoms with Gasteiger partial charge in [-0.25, -0.2) is 0 Å². The zero-order chi connectivity index (χ0) is 22.8. The van der Waals surface area contributed by atoms with Gasteiger partial charge in [0.15, 0.2) is 0 Å². The summed E-state index contributed by atoms with van der Waals surface area (Å²) < 4.78 is 37.6. The highest BCUT2D eigenvalue weighted by Gasteiger charge is 2.56. The predicted octanol–water partition coefficient (Wildman–Crippen LogP) is 5.28. The lowest BCUT2D eigenvalue weighted by atomic mass is 10.2. The maximum atomic E-state index is 6.68. The minimum absolute atomic E-state index is 0.534. The molecule has 0 atom stereocenters. The van der Waals surface area contributed by atoms with Crippen LogP contribution < -0.4 is 0 Å². The number of rotatable bonds is 15. The predicted molar refractivity (Wildman–Crippen MR) is 130 cm³/mol. The Bertz CT molecular complexity index is 403. The molecule has 0 bridgehead atoms. The van der Waals surface area contributed by atoms with Crippen LogP contribution in [0.5, 0.6) is 0 Å². The van der Waals surface area contributed by atoms with Crippen LogP contribution in [0.2, 0.25) is 37.8 Å². The van der Waals surface area contributed by atoms with Crippen molar-refractivity contribution in [1.82, 2.24) is 0 Å². The van der Waals surface area contributed by atoms with Crippen LogP contribution in [0.25, 0.3) is 0 Å². The molecule has 180 valence electrons. The Kier molecular flexibility index (Phi) is 12.5. The van der Waals surface area contributed by atoms with Gasteiger partial charge in [-0.1, -0.05) is 41.5 Å². The zero-order valence-electron chi connectivity index (χ0n) is 21.0. The molecule has 6 nitrogen and oxygen atoms in total. The van der Waals surface area contributed by atoms with Crippen LogP contribution >= 0.6 is 0 Å². The second-order valence-electron chi connectivity index (χ2n) is 10.4. The second kappa shape index (κ2) is 13.2. The van der Waals surface area contributed by atoms with E-state index in [1.165, 1.54) is 0 Å². The van der Waals surface area contributed by atoms with Gasteiger partial charge < -0.3 is 26.6 Å². The molecule has 1 fully saturated rings. The zero-order valence-corrected chi connectivity index (χ0v) is 24.0. The van der Waals surface area contributed by atoms with Crippen molar-refractivity contribution in [2.45, 2.75) is 79.3 Å². The van der Waals surface area contributed by atoms with Gasteiger partial charge in [0.1, 0.15) is 0 Å². The Morgan fingerprint density at radius 1 is 0.500 bits per heavy atom. The van der Waals surface area contributed by atoms with Gasteiger partial charge in [0.2, 0.25) is 0 Å². The Hall–Kier alpha value is 0.411. The normalized spacial score (nSPS) is 30.0. The first-order valence-corrected chi connectivity index (χ1v) is 19.3. The first-order chi connectivity index (χ1) is 13.9. The number of hydrogen-bond donors (Lipinski definition) is 0. The molecule has 9 heteroatoms. The van der Waals surface area contributed by atoms with Crippen LogP contribution in [0.15, 0.2) is 0 Å². The quantitative estimate of drug-likeness (QED) is 0.235. The molecule has 0 aromatic rings. The third-order valence-electron chi connectivity index (χ3n) is 4.75. The van der Waals surface area contributed by atoms with Crippen molar-refractivity contribution < 1.29 is 26.6 Å². The third-order valence-corrected chi connectivity index (χ3v) is 18.5. The topological polar surface area (TPSA) is 55.4 Å². The van der Waals surface area contributed by atoms with E-state index in [0.717, 1.165) is 38.0 Å². The smallest absolute Gasteiger partial charge is 0.319 e. The molecule has 1 rings (SSSR count). The van der Waals surface area contributed by atoms with E-state index in [9.17, 15) is 0 Å². The molecule has 0 saturated carbocycles. The summed E-state index contributed by atoms with van der Waals surface area (Å²) in [6.45, 7) is 24.0. The fourth-order valence-electron chi connectivity index (χ4n) is 3.47. The summed E-state index contributed by atoms with van der Waals surface area (Å²) in [5, 5.41) is 0. The van der Waals surface area contributed by atoms with Crippen molar-refractivity contribution in [2.24, 2.45) is 17.8 Å². The van der Waals surface area contributed by atoms with Crippen LogP contribution in [-0.2, 0) is 26.6 Å². The van der Waals surface area contributed by atoms with E-state index in [-0.39, 0.29) is 0 Å². The molecule has 1 heterocycles. The van der Waals surface area contributed by atoms with E-state index in [2.05, 4.69) is 61.2 Å². The summed E-state index contributed by atoms with van der Waals surface area (Å²) >= 11 is 0. The summed E-state index contributed by atoms with van der Waals surface area (Å²) in [7, 11) is -7.14. The van der Waals surface area contributed by atoms with Crippen LogP contribution in [0.1, 0.15) is 41.5 Å². The fraction of sp³-hybridized carbons (Fsp3) is 1.00. The van der Waals surface area contributed by atoms with Crippen molar-refractivity contribution >= 4 is 25.7 Å². The van der Waals surface area contributed by atoms with E-state index in [4.69, 9.17) is 26.6 Å². The average molecular weight is 481 g/mol. The first kappa shape index (κ1) is 28.4. The van der Waals surface area contributed by atoms with Gasteiger partial charge in [0.05, 0.1) is 0 Å². The maximum Gasteiger partial charge on any atom is 0.319 e. The number of ether oxygens (including phenoxy) is 3. The molecule has 1 aliphatic heterocycles. The lowest BCUT2D eigenvalue weighted by molar-refractivity contribution is 0.103. The van der Waals surface area contributed by atoms with Crippen molar-refractivity contribution in [3.63, 3.8) is 0 Å². The monoisotopic (exact) mass is 480 g/mol. The van der Waals surface area contributed by atoms with Gasteiger partial charge in [-0.05, 0) is 37.4 Å². The Balaban J connectivity index is 2.76. The molecule has 0 aliphatic carbocycles. The van der Waals surface area contributed by atoms with Crippen LogP contribution in [0.3, 0.4) is 0 Å². The van der Waals surface area contributed by atoms with Crippen LogP contribution in [0, 0.1) is 17.8 Å². The molecular weight excluding hydrogens is 432 g/mol. The molecule has 0 spiro atoms. The van der Waals surface area contributed by atoms with E-state index >= 15 is 0 Å². The summed E-state index contributed by atoms with van der Waals surface area (Å²) in [4.78, 5) is 0. The van der Waals surface area contributed by atoms with E-state index in [0.29, 0.717) is 37.6 Å². The highest BCUT2D eigenvalue weighted by molar-refractivity contribution is 6.93. The van der Waals surface area contributed by atoms with E-state index in [1.54, 1.807) is 0 Å². The Morgan fingerprint density at radius 3 is 0.933 bits per heavy atom. The minimum atomic E-state index is -2.38. The molecule has 0 aromatic heterocycles. The van der Waals surface area contributed by atoms with Gasteiger partial charge in [-0.3, -0.25) is 0 Å². The lowest BCUT2D eigenvalue weighted by Crippen LogP contribution is -2.68. The molecule has 0 aromatic carbocycles. The summed E-state index contributed by atoms with van der Waals surface area (Å²) in [6, 6.07) is 2.52. The van der Waals surface area contributed by atoms with Gasteiger partial charge in [0, 0.05) is 57.8 Å². The minimum Gasteiger partial charge on any atom is -0.415 e. The summed E-state index contributed by atoms with van der Waals surface area (Å²) in [6.07, 6.45) is 0. The van der Waals surface area contributed by atoms with E-state index < -0.39 is 25.7 Å². The maximum absolute atomic E-state index is 6.68. The molecule has 1 saturated heterocycles. The molecular formula is C21H48O6Si3. The highest BCUT2D eigenvalue weighted by Crippen LogP contribution is 2.36. The average Bonchev–Trinajstić information content (AvgIpc) is 2.58. The molecule has 0 amide bonds. The van der Waals surface area contributed by atoms with Crippen molar-refractivity contribution in [1.29, 1.82) is 0 Å². The highest BCUT2D eigenvalue weighted by atomic mass is 28.5. The van der Waals surface area contributed by atoms with Gasteiger partial charge in [-0.15, -0.1) is 0 Å². The van der Waals surface area contributed by atoms with Crippen LogP contribution in [-0.4, -0.2) is 65.3 Å². The van der Waals surface area contributed by atoms with Gasteiger partial charge >= 0.3 is 25.7 Å². The molecule has 30 heavy (non-hydrogen) atoms. The Labute approximate surface area is 189 Å². The standard InChI is InChI=1S/C21H48O6Si3/c1-19(2)16-22-10-13-28(7)25-29(8,14-11-23-17-20(3)4)27-30(9,26-28)15-12-24-18-21(5)6/h19-21H,10-18H2,1-9H3. The van der Waals surface area contributed by atoms with Crippen molar-refractivity contribution in [3.05, 3.63) is 0 Å². The van der Waals surface area contributed by atoms with Gasteiger partial charge in [0.25, 0.3) is 0 Å². The van der Waals surface area contributed by atoms with Crippen molar-refractivity contribution in [2.75, 3.05) is 39.6 Å². The summed E-state index contributed by atoms with van der Waals surface area (Å²) in [5.74, 6) is 1.60. The SMILES string of the molecule is CC(C)COCC[Si]1(C)O[Si](C)(CCOCC(C)C)O[Si](C)(CCOCC(C)C)O1. The van der Waals surface area contributed by atoms with E-state index in [1.807, 2.05) is 0 Å². The van der Waals surface area contributed by atoms with Crippen LogP contribution in [0.4, 0.5) is 0 Å². The first-order valence-electron chi connectivity index (χ1n) is 11.7. The third kappa shape index (κ3) is 11.9. The summed E-state index contributed by atoms with van der Waals surface area (Å²) in [5.41, 5.74) is 0.